The molecule has 0 fully saturated rings. The number of carbonyl (C=O) groups is 1. The number of fused-ring (bicyclic) bond motifs is 3. The lowest BCUT2D eigenvalue weighted by Crippen LogP contribution is -2.20. The van der Waals surface area contributed by atoms with Crippen LogP contribution in [0.3, 0.4) is 0 Å². The average molecular weight is 226 g/mol. The first-order valence-electron chi connectivity index (χ1n) is 5.45. The second-order valence-electron chi connectivity index (χ2n) is 3.72. The fraction of sp³-hybridized carbons (Fsp3) is 0.154. The molecule has 0 radical (unpaired) electrons. The maximum atomic E-state index is 11.8. The highest BCUT2D eigenvalue weighted by Crippen LogP contribution is 2.36. The molecule has 84 valence electrons. The molecule has 4 nitrogen and oxygen atoms in total. The minimum Gasteiger partial charge on any atom is -0.478 e. The van der Waals surface area contributed by atoms with Gasteiger partial charge in [0.05, 0.1) is 12.3 Å². The number of carbonyl (C=O) groups excluding carboxylic acids is 1. The van der Waals surface area contributed by atoms with E-state index in [2.05, 4.69) is 9.98 Å². The van der Waals surface area contributed by atoms with Crippen molar-refractivity contribution in [1.82, 2.24) is 0 Å². The summed E-state index contributed by atoms with van der Waals surface area (Å²) >= 11 is 0. The van der Waals surface area contributed by atoms with Crippen LogP contribution in [0.25, 0.3) is 5.57 Å². The first-order valence-corrected chi connectivity index (χ1v) is 5.45. The Morgan fingerprint density at radius 1 is 1.24 bits per heavy atom. The molecule has 0 aliphatic carbocycles. The predicted octanol–water partition coefficient (Wildman–Crippen LogP) is 2.13. The second kappa shape index (κ2) is 3.66. The van der Waals surface area contributed by atoms with E-state index in [9.17, 15) is 4.79 Å². The number of hydrogen-bond acceptors (Lipinski definition) is 3. The molecule has 3 rings (SSSR count). The summed E-state index contributed by atoms with van der Waals surface area (Å²) in [5.74, 6) is 0.0327. The van der Waals surface area contributed by atoms with Crippen molar-refractivity contribution in [3.8, 4) is 0 Å². The van der Waals surface area contributed by atoms with Crippen LogP contribution < -0.4 is 0 Å². The van der Waals surface area contributed by atoms with Crippen LogP contribution in [-0.4, -0.2) is 24.1 Å². The van der Waals surface area contributed by atoms with Crippen molar-refractivity contribution in [2.75, 3.05) is 6.61 Å². The number of dihydropyridines is 1. The van der Waals surface area contributed by atoms with Crippen LogP contribution in [0.2, 0.25) is 0 Å². The Labute approximate surface area is 98.4 Å². The maximum Gasteiger partial charge on any atom is 0.299 e. The van der Waals surface area contributed by atoms with E-state index in [0.717, 1.165) is 16.8 Å². The second-order valence-corrected chi connectivity index (χ2v) is 3.72. The van der Waals surface area contributed by atoms with E-state index in [1.165, 1.54) is 0 Å². The van der Waals surface area contributed by atoms with Crippen LogP contribution in [0.1, 0.15) is 12.5 Å². The van der Waals surface area contributed by atoms with Gasteiger partial charge in [0.15, 0.2) is 0 Å². The largest absolute Gasteiger partial charge is 0.478 e. The van der Waals surface area contributed by atoms with Crippen molar-refractivity contribution >= 4 is 28.8 Å². The minimum atomic E-state index is -0.331. The quantitative estimate of drug-likeness (QED) is 0.736. The number of ether oxygens (including phenoxy) is 1. The molecule has 0 spiro atoms. The summed E-state index contributed by atoms with van der Waals surface area (Å²) in [7, 11) is 0. The monoisotopic (exact) mass is 226 g/mol. The molecular weight excluding hydrogens is 216 g/mol. The number of rotatable bonds is 1. The Kier molecular flexibility index (Phi) is 2.14. The summed E-state index contributed by atoms with van der Waals surface area (Å²) in [6.07, 6.45) is 1.77. The van der Waals surface area contributed by atoms with E-state index in [1.54, 1.807) is 6.08 Å². The normalized spacial score (nSPS) is 16.8. The molecule has 0 N–H and O–H groups in total. The molecule has 4 heteroatoms. The average Bonchev–Trinajstić information content (AvgIpc) is 2.69. The molecule has 0 saturated carbocycles. The van der Waals surface area contributed by atoms with Crippen molar-refractivity contribution in [2.45, 2.75) is 6.92 Å². The topological polar surface area (TPSA) is 51.0 Å². The molecule has 2 heterocycles. The van der Waals surface area contributed by atoms with Gasteiger partial charge in [0.2, 0.25) is 5.90 Å². The zero-order chi connectivity index (χ0) is 11.8. The van der Waals surface area contributed by atoms with E-state index >= 15 is 0 Å². The third-order valence-corrected chi connectivity index (χ3v) is 2.66. The van der Waals surface area contributed by atoms with Gasteiger partial charge in [0.25, 0.3) is 5.91 Å². The van der Waals surface area contributed by atoms with Crippen LogP contribution in [0.5, 0.6) is 0 Å². The fourth-order valence-corrected chi connectivity index (χ4v) is 1.95. The van der Waals surface area contributed by atoms with Crippen molar-refractivity contribution in [1.29, 1.82) is 0 Å². The van der Waals surface area contributed by atoms with Gasteiger partial charge in [-0.3, -0.25) is 4.79 Å². The lowest BCUT2D eigenvalue weighted by molar-refractivity contribution is -0.111. The van der Waals surface area contributed by atoms with Crippen LogP contribution in [-0.2, 0) is 9.53 Å². The zero-order valence-corrected chi connectivity index (χ0v) is 9.30. The van der Waals surface area contributed by atoms with Gasteiger partial charge >= 0.3 is 0 Å². The third-order valence-electron chi connectivity index (χ3n) is 2.66. The molecule has 0 saturated heterocycles. The van der Waals surface area contributed by atoms with E-state index in [-0.39, 0.29) is 5.91 Å². The highest BCUT2D eigenvalue weighted by molar-refractivity contribution is 6.61. The van der Waals surface area contributed by atoms with E-state index in [4.69, 9.17) is 4.74 Å². The van der Waals surface area contributed by atoms with Crippen LogP contribution in [0.15, 0.2) is 40.3 Å². The third kappa shape index (κ3) is 1.49. The molecule has 1 aromatic rings. The minimum absolute atomic E-state index is 0.331. The first kappa shape index (κ1) is 9.96. The van der Waals surface area contributed by atoms with Gasteiger partial charge in [-0.05, 0) is 13.0 Å². The number of aliphatic imine (C=N–C) groups is 2. The zero-order valence-electron chi connectivity index (χ0n) is 9.30. The summed E-state index contributed by atoms with van der Waals surface area (Å²) in [5, 5.41) is 0. The molecule has 1 amide bonds. The van der Waals surface area contributed by atoms with Crippen LogP contribution >= 0.6 is 0 Å². The lowest BCUT2D eigenvalue weighted by Gasteiger charge is -2.10. The molecule has 0 unspecified atom stereocenters. The van der Waals surface area contributed by atoms with Gasteiger partial charge in [-0.2, -0.15) is 4.99 Å². The Morgan fingerprint density at radius 2 is 2.06 bits per heavy atom. The van der Waals surface area contributed by atoms with Crippen molar-refractivity contribution in [3.63, 3.8) is 0 Å². The smallest absolute Gasteiger partial charge is 0.299 e. The predicted molar refractivity (Wildman–Crippen MR) is 65.6 cm³/mol. The Hall–Kier alpha value is -2.23. The van der Waals surface area contributed by atoms with Gasteiger partial charge < -0.3 is 4.74 Å². The summed E-state index contributed by atoms with van der Waals surface area (Å²) < 4.78 is 5.27. The molecule has 0 aromatic heterocycles. The Bertz CT molecular complexity index is 597. The molecule has 2 aliphatic heterocycles. The molecule has 1 aromatic carbocycles. The van der Waals surface area contributed by atoms with Crippen molar-refractivity contribution < 1.29 is 9.53 Å². The molecule has 0 atom stereocenters. The summed E-state index contributed by atoms with van der Waals surface area (Å²) in [6, 6.07) is 7.65. The van der Waals surface area contributed by atoms with Gasteiger partial charge in [-0.25, -0.2) is 4.99 Å². The molecular formula is C13H10N2O2. The van der Waals surface area contributed by atoms with E-state index in [1.807, 2.05) is 31.2 Å². The number of para-hydroxylation sites is 1. The number of benzene rings is 1. The van der Waals surface area contributed by atoms with E-state index in [0.29, 0.717) is 18.2 Å². The SMILES string of the molecule is CCOC1=NC(=O)C2=Nc3ccccc3C2=C1. The fourth-order valence-electron chi connectivity index (χ4n) is 1.95. The van der Waals surface area contributed by atoms with Gasteiger partial charge in [0, 0.05) is 17.2 Å². The standard InChI is InChI=1S/C13H10N2O2/c1-2-17-11-7-9-8-5-3-4-6-10(8)14-12(9)13(16)15-11/h3-7H,2H2,1H3. The molecule has 17 heavy (non-hydrogen) atoms. The Balaban J connectivity index is 2.12. The Morgan fingerprint density at radius 3 is 2.88 bits per heavy atom. The van der Waals surface area contributed by atoms with Gasteiger partial charge in [-0.1, -0.05) is 18.2 Å². The number of nitrogens with zero attached hydrogens (tertiary/aromatic N) is 2. The van der Waals surface area contributed by atoms with Crippen molar-refractivity contribution in [3.05, 3.63) is 35.9 Å². The van der Waals surface area contributed by atoms with E-state index < -0.39 is 0 Å². The number of hydrogen-bond donors (Lipinski definition) is 0. The van der Waals surface area contributed by atoms with Crippen molar-refractivity contribution in [2.24, 2.45) is 9.98 Å². The van der Waals surface area contributed by atoms with Crippen LogP contribution in [0, 0.1) is 0 Å². The lowest BCUT2D eigenvalue weighted by atomic mass is 10.0. The van der Waals surface area contributed by atoms with Gasteiger partial charge in [0.1, 0.15) is 5.71 Å². The summed E-state index contributed by atoms with van der Waals surface area (Å²) in [5.41, 5.74) is 3.00. The highest BCUT2D eigenvalue weighted by atomic mass is 16.5. The first-order chi connectivity index (χ1) is 8.29. The summed E-state index contributed by atoms with van der Waals surface area (Å²) in [6.45, 7) is 2.35. The molecule has 0 bridgehead atoms. The van der Waals surface area contributed by atoms with Crippen LogP contribution in [0.4, 0.5) is 5.69 Å². The van der Waals surface area contributed by atoms with Gasteiger partial charge in [-0.15, -0.1) is 0 Å². The molecule has 2 aliphatic rings. The highest BCUT2D eigenvalue weighted by Gasteiger charge is 2.29. The summed E-state index contributed by atoms with van der Waals surface area (Å²) in [4.78, 5) is 19.9. The maximum absolute atomic E-state index is 11.8. The number of amides is 1.